The maximum atomic E-state index is 14.0. The highest BCUT2D eigenvalue weighted by Crippen LogP contribution is 2.48. The second-order valence-corrected chi connectivity index (χ2v) is 9.14. The molecule has 0 aliphatic carbocycles. The van der Waals surface area contributed by atoms with Gasteiger partial charge in [-0.05, 0) is 60.0 Å². The molecule has 0 saturated heterocycles. The minimum atomic E-state index is -5.37. The lowest BCUT2D eigenvalue weighted by Crippen LogP contribution is -2.18. The quantitative estimate of drug-likeness (QED) is 0.233. The van der Waals surface area contributed by atoms with Crippen LogP contribution in [0.2, 0.25) is 0 Å². The Morgan fingerprint density at radius 1 is 0.825 bits per heavy atom. The van der Waals surface area contributed by atoms with Crippen molar-refractivity contribution < 1.29 is 49.0 Å². The second-order valence-electron chi connectivity index (χ2n) is 9.14. The van der Waals surface area contributed by atoms with E-state index < -0.39 is 58.1 Å². The lowest BCUT2D eigenvalue weighted by Gasteiger charge is -2.21. The number of benzene rings is 3. The molecule has 4 aromatic rings. The van der Waals surface area contributed by atoms with Gasteiger partial charge < -0.3 is 15.0 Å². The van der Waals surface area contributed by atoms with Gasteiger partial charge in [0.15, 0.2) is 5.75 Å². The van der Waals surface area contributed by atoms with E-state index in [0.717, 1.165) is 17.7 Å². The number of alkyl halides is 9. The van der Waals surface area contributed by atoms with Crippen LogP contribution in [0.15, 0.2) is 60.8 Å². The van der Waals surface area contributed by atoms with Crippen molar-refractivity contribution in [3.8, 4) is 11.5 Å². The third kappa shape index (κ3) is 6.02. The van der Waals surface area contributed by atoms with Gasteiger partial charge in [0.05, 0.1) is 5.56 Å². The Kier molecular flexibility index (Phi) is 7.28. The molecular formula is C27H19F9N2O2. The zero-order valence-electron chi connectivity index (χ0n) is 20.6. The summed E-state index contributed by atoms with van der Waals surface area (Å²) in [6.45, 7) is 3.71. The highest BCUT2D eigenvalue weighted by Gasteiger charge is 2.43. The number of aromatic amines is 1. The molecule has 0 unspecified atom stereocenters. The fourth-order valence-electron chi connectivity index (χ4n) is 4.05. The number of carbonyl (C=O) groups excluding carboxylic acids is 1. The molecule has 0 atom stereocenters. The molecule has 212 valence electrons. The number of carbonyl (C=O) groups is 1. The van der Waals surface area contributed by atoms with Crippen molar-refractivity contribution in [2.45, 2.75) is 38.3 Å². The molecule has 0 fully saturated rings. The van der Waals surface area contributed by atoms with Crippen LogP contribution in [0.5, 0.6) is 11.5 Å². The van der Waals surface area contributed by atoms with Gasteiger partial charge in [-0.15, -0.1) is 0 Å². The standard InChI is InChI=1S/C27H19F9N2O2/c1-13(2)19-12-37-22-7-6-17(11-18(19)22)40-23-20(26(31,32)33)9-16(10-21(23)27(34,35)36)38-24(39)14-4-3-5-15(8-14)25(28,29)30/h3-13,37H,1-2H3,(H,38,39). The van der Waals surface area contributed by atoms with Crippen molar-refractivity contribution >= 4 is 22.5 Å². The van der Waals surface area contributed by atoms with Crippen molar-refractivity contribution in [2.24, 2.45) is 0 Å². The van der Waals surface area contributed by atoms with Gasteiger partial charge in [-0.3, -0.25) is 4.79 Å². The average Bonchev–Trinajstić information content (AvgIpc) is 3.26. The van der Waals surface area contributed by atoms with Gasteiger partial charge in [-0.25, -0.2) is 0 Å². The Morgan fingerprint density at radius 2 is 1.45 bits per heavy atom. The molecule has 0 aliphatic rings. The highest BCUT2D eigenvalue weighted by molar-refractivity contribution is 6.04. The van der Waals surface area contributed by atoms with Crippen LogP contribution in [0.25, 0.3) is 10.9 Å². The molecule has 0 saturated carbocycles. The zero-order valence-corrected chi connectivity index (χ0v) is 20.6. The number of ether oxygens (including phenoxy) is 1. The number of fused-ring (bicyclic) bond motifs is 1. The number of hydrogen-bond donors (Lipinski definition) is 2. The summed E-state index contributed by atoms with van der Waals surface area (Å²) in [6, 6.07) is 7.29. The molecule has 1 heterocycles. The van der Waals surface area contributed by atoms with Gasteiger partial charge in [0, 0.05) is 28.4 Å². The lowest BCUT2D eigenvalue weighted by molar-refractivity contribution is -0.145. The number of rotatable bonds is 5. The van der Waals surface area contributed by atoms with E-state index in [9.17, 15) is 44.3 Å². The van der Waals surface area contributed by atoms with Crippen LogP contribution in [0, 0.1) is 0 Å². The van der Waals surface area contributed by atoms with E-state index in [1.807, 2.05) is 19.2 Å². The molecule has 1 amide bonds. The van der Waals surface area contributed by atoms with Crippen molar-refractivity contribution in [1.29, 1.82) is 0 Å². The normalized spacial score (nSPS) is 12.7. The van der Waals surface area contributed by atoms with E-state index in [4.69, 9.17) is 4.74 Å². The fraction of sp³-hybridized carbons (Fsp3) is 0.222. The van der Waals surface area contributed by atoms with Gasteiger partial charge in [0.2, 0.25) is 0 Å². The minimum Gasteiger partial charge on any atom is -0.456 e. The molecular weight excluding hydrogens is 555 g/mol. The van der Waals surface area contributed by atoms with E-state index >= 15 is 0 Å². The third-order valence-electron chi connectivity index (χ3n) is 5.94. The van der Waals surface area contributed by atoms with Crippen molar-refractivity contribution in [3.05, 3.63) is 88.6 Å². The first kappa shape index (κ1) is 28.8. The van der Waals surface area contributed by atoms with Crippen LogP contribution in [0.3, 0.4) is 0 Å². The largest absolute Gasteiger partial charge is 0.456 e. The van der Waals surface area contributed by atoms with Gasteiger partial charge in [-0.1, -0.05) is 19.9 Å². The van der Waals surface area contributed by atoms with Crippen LogP contribution < -0.4 is 10.1 Å². The third-order valence-corrected chi connectivity index (χ3v) is 5.94. The van der Waals surface area contributed by atoms with E-state index in [-0.39, 0.29) is 23.8 Å². The fourth-order valence-corrected chi connectivity index (χ4v) is 4.05. The van der Waals surface area contributed by atoms with Crippen LogP contribution in [0.1, 0.15) is 52.4 Å². The predicted molar refractivity (Wildman–Crippen MR) is 128 cm³/mol. The number of hydrogen-bond acceptors (Lipinski definition) is 2. The smallest absolute Gasteiger partial charge is 0.420 e. The van der Waals surface area contributed by atoms with Gasteiger partial charge in [-0.2, -0.15) is 39.5 Å². The zero-order chi connectivity index (χ0) is 29.6. The predicted octanol–water partition coefficient (Wildman–Crippen LogP) is 9.39. The molecule has 13 heteroatoms. The molecule has 1 aromatic heterocycles. The maximum Gasteiger partial charge on any atom is 0.420 e. The van der Waals surface area contributed by atoms with Crippen molar-refractivity contribution in [2.75, 3.05) is 5.32 Å². The number of halogens is 9. The Hall–Kier alpha value is -4.16. The van der Waals surface area contributed by atoms with Crippen LogP contribution in [-0.4, -0.2) is 10.9 Å². The molecule has 0 aliphatic heterocycles. The van der Waals surface area contributed by atoms with Gasteiger partial charge in [0.1, 0.15) is 16.9 Å². The summed E-state index contributed by atoms with van der Waals surface area (Å²) >= 11 is 0. The Bertz CT molecular complexity index is 1530. The van der Waals surface area contributed by atoms with Crippen LogP contribution in [-0.2, 0) is 18.5 Å². The minimum absolute atomic E-state index is 0.0137. The molecule has 4 rings (SSSR count). The number of H-pyrrole nitrogens is 1. The monoisotopic (exact) mass is 574 g/mol. The summed E-state index contributed by atoms with van der Waals surface area (Å²) in [7, 11) is 0. The summed E-state index contributed by atoms with van der Waals surface area (Å²) in [5.41, 5.74) is -5.14. The first-order chi connectivity index (χ1) is 18.4. The molecule has 40 heavy (non-hydrogen) atoms. The number of amides is 1. The molecule has 3 aromatic carbocycles. The first-order valence-corrected chi connectivity index (χ1v) is 11.5. The SMILES string of the molecule is CC(C)c1c[nH]c2ccc(Oc3c(C(F)(F)F)cc(NC(=O)c4cccc(C(F)(F)F)c4)cc3C(F)(F)F)cc12. The molecule has 4 nitrogen and oxygen atoms in total. The molecule has 0 radical (unpaired) electrons. The van der Waals surface area contributed by atoms with E-state index in [1.165, 1.54) is 18.2 Å². The molecule has 0 spiro atoms. The first-order valence-electron chi connectivity index (χ1n) is 11.5. The Balaban J connectivity index is 1.79. The summed E-state index contributed by atoms with van der Waals surface area (Å²) in [5, 5.41) is 2.37. The lowest BCUT2D eigenvalue weighted by atomic mass is 10.0. The van der Waals surface area contributed by atoms with E-state index in [0.29, 0.717) is 23.0 Å². The summed E-state index contributed by atoms with van der Waals surface area (Å²) in [5.74, 6) is -3.20. The number of nitrogens with one attached hydrogen (secondary N) is 2. The van der Waals surface area contributed by atoms with Crippen LogP contribution in [0.4, 0.5) is 45.2 Å². The van der Waals surface area contributed by atoms with Crippen LogP contribution >= 0.6 is 0 Å². The Morgan fingerprint density at radius 3 is 2.00 bits per heavy atom. The van der Waals surface area contributed by atoms with Gasteiger partial charge >= 0.3 is 18.5 Å². The molecule has 0 bridgehead atoms. The Labute approximate surface area is 220 Å². The maximum absolute atomic E-state index is 14.0. The van der Waals surface area contributed by atoms with Crippen molar-refractivity contribution in [3.63, 3.8) is 0 Å². The number of aromatic nitrogens is 1. The second kappa shape index (κ2) is 10.1. The number of anilines is 1. The highest BCUT2D eigenvalue weighted by atomic mass is 19.4. The topological polar surface area (TPSA) is 54.1 Å². The van der Waals surface area contributed by atoms with Gasteiger partial charge in [0.25, 0.3) is 5.91 Å². The van der Waals surface area contributed by atoms with E-state index in [2.05, 4.69) is 4.98 Å². The van der Waals surface area contributed by atoms with E-state index in [1.54, 1.807) is 6.20 Å². The molecule has 2 N–H and O–H groups in total. The average molecular weight is 574 g/mol. The van der Waals surface area contributed by atoms with Crippen molar-refractivity contribution in [1.82, 2.24) is 4.98 Å². The summed E-state index contributed by atoms with van der Waals surface area (Å²) < 4.78 is 128. The summed E-state index contributed by atoms with van der Waals surface area (Å²) in [4.78, 5) is 15.5. The summed E-state index contributed by atoms with van der Waals surface area (Å²) in [6.07, 6.45) is -13.9.